The van der Waals surface area contributed by atoms with Crippen molar-refractivity contribution < 1.29 is 9.53 Å². The molecule has 0 aliphatic carbocycles. The zero-order valence-electron chi connectivity index (χ0n) is 16.6. The lowest BCUT2D eigenvalue weighted by atomic mass is 10.1. The van der Waals surface area contributed by atoms with Crippen molar-refractivity contribution in [1.29, 1.82) is 0 Å². The van der Waals surface area contributed by atoms with Gasteiger partial charge in [0.25, 0.3) is 11.5 Å². The van der Waals surface area contributed by atoms with E-state index >= 15 is 0 Å². The van der Waals surface area contributed by atoms with E-state index < -0.39 is 17.2 Å². The van der Waals surface area contributed by atoms with E-state index in [0.717, 1.165) is 28.9 Å². The number of carbonyl (C=O) groups is 1. The molecule has 0 radical (unpaired) electrons. The van der Waals surface area contributed by atoms with Gasteiger partial charge in [-0.15, -0.1) is 0 Å². The topological polar surface area (TPSA) is 110 Å². The number of aromatic nitrogens is 2. The number of nitrogens with one attached hydrogen (secondary N) is 1. The molecule has 0 aliphatic rings. The Morgan fingerprint density at radius 1 is 1.36 bits per heavy atom. The van der Waals surface area contributed by atoms with Crippen molar-refractivity contribution in [2.45, 2.75) is 33.2 Å². The van der Waals surface area contributed by atoms with Crippen molar-refractivity contribution in [3.8, 4) is 5.75 Å². The third kappa shape index (κ3) is 4.51. The van der Waals surface area contributed by atoms with Crippen LogP contribution in [0, 0.1) is 6.92 Å². The van der Waals surface area contributed by atoms with E-state index in [0.29, 0.717) is 12.3 Å². The molecule has 3 N–H and O–H groups in total. The highest BCUT2D eigenvalue weighted by molar-refractivity contribution is 6.04. The fraction of sp³-hybridized carbons (Fsp3) is 0.350. The van der Waals surface area contributed by atoms with E-state index in [-0.39, 0.29) is 11.5 Å². The minimum Gasteiger partial charge on any atom is -0.496 e. The number of nitrogen functional groups attached to an aromatic ring is 1. The molecule has 2 rings (SSSR count). The van der Waals surface area contributed by atoms with Gasteiger partial charge < -0.3 is 15.4 Å². The quantitative estimate of drug-likeness (QED) is 0.706. The number of ether oxygens (including phenoxy) is 1. The van der Waals surface area contributed by atoms with E-state index in [9.17, 15) is 14.4 Å². The lowest BCUT2D eigenvalue weighted by molar-refractivity contribution is -0.113. The van der Waals surface area contributed by atoms with Crippen molar-refractivity contribution in [3.05, 3.63) is 56.2 Å². The molecule has 2 aromatic rings. The molecule has 0 saturated heterocycles. The number of amides is 1. The van der Waals surface area contributed by atoms with Gasteiger partial charge in [0.05, 0.1) is 7.11 Å². The molecule has 0 saturated carbocycles. The third-order valence-corrected chi connectivity index (χ3v) is 4.41. The summed E-state index contributed by atoms with van der Waals surface area (Å²) in [6.45, 7) is 4.28. The van der Waals surface area contributed by atoms with E-state index in [1.165, 1.54) is 17.7 Å². The van der Waals surface area contributed by atoms with Gasteiger partial charge in [-0.1, -0.05) is 25.0 Å². The Morgan fingerprint density at radius 3 is 2.71 bits per heavy atom. The number of hydrogen-bond donors (Lipinski definition) is 2. The van der Waals surface area contributed by atoms with Gasteiger partial charge in [0.1, 0.15) is 11.6 Å². The molecule has 1 aromatic carbocycles. The van der Waals surface area contributed by atoms with Crippen LogP contribution in [0.25, 0.3) is 6.08 Å². The fourth-order valence-electron chi connectivity index (χ4n) is 2.81. The number of benzene rings is 1. The van der Waals surface area contributed by atoms with E-state index in [1.807, 2.05) is 32.0 Å². The molecule has 1 heterocycles. The first-order chi connectivity index (χ1) is 13.3. The number of methoxy groups -OCH3 is 1. The molecular formula is C20H26N4O4. The lowest BCUT2D eigenvalue weighted by Gasteiger charge is -2.19. The van der Waals surface area contributed by atoms with Crippen LogP contribution in [-0.4, -0.2) is 29.6 Å². The van der Waals surface area contributed by atoms with Crippen LogP contribution in [0.2, 0.25) is 0 Å². The maximum absolute atomic E-state index is 12.6. The first-order valence-corrected chi connectivity index (χ1v) is 9.03. The molecule has 28 heavy (non-hydrogen) atoms. The monoisotopic (exact) mass is 386 g/mol. The highest BCUT2D eigenvalue weighted by atomic mass is 16.5. The highest BCUT2D eigenvalue weighted by Gasteiger charge is 2.19. The van der Waals surface area contributed by atoms with Gasteiger partial charge in [-0.05, 0) is 31.6 Å². The Labute approximate surface area is 163 Å². The average Bonchev–Trinajstić information content (AvgIpc) is 2.65. The summed E-state index contributed by atoms with van der Waals surface area (Å²) < 4.78 is 6.57. The molecule has 1 aromatic heterocycles. The second-order valence-electron chi connectivity index (χ2n) is 6.47. The Balaban J connectivity index is 2.37. The van der Waals surface area contributed by atoms with Gasteiger partial charge in [-0.3, -0.25) is 19.1 Å². The number of nitrogens with zero attached hydrogens (tertiary/aromatic N) is 2. The predicted octanol–water partition coefficient (Wildman–Crippen LogP) is 1.91. The van der Waals surface area contributed by atoms with Gasteiger partial charge in [0.2, 0.25) is 0 Å². The molecule has 0 atom stereocenters. The SMILES string of the molecule is CCCCn1c(N)c(N(C)C(=O)/C=C/c2cc(C)ccc2OC)c(=O)[nH]c1=O. The maximum atomic E-state index is 12.6. The zero-order valence-corrected chi connectivity index (χ0v) is 16.6. The van der Waals surface area contributed by atoms with Crippen LogP contribution < -0.4 is 26.6 Å². The van der Waals surface area contributed by atoms with Crippen LogP contribution in [0.15, 0.2) is 33.9 Å². The summed E-state index contributed by atoms with van der Waals surface area (Å²) in [5, 5.41) is 0. The summed E-state index contributed by atoms with van der Waals surface area (Å²) in [5.74, 6) is 0.142. The number of aryl methyl sites for hydroxylation is 1. The van der Waals surface area contributed by atoms with Crippen LogP contribution in [0.4, 0.5) is 11.5 Å². The van der Waals surface area contributed by atoms with Crippen molar-refractivity contribution in [3.63, 3.8) is 0 Å². The molecule has 0 aliphatic heterocycles. The van der Waals surface area contributed by atoms with E-state index in [2.05, 4.69) is 4.98 Å². The first kappa shape index (κ1) is 21.0. The number of nitrogens with two attached hydrogens (primary N) is 1. The smallest absolute Gasteiger partial charge is 0.330 e. The van der Waals surface area contributed by atoms with Crippen molar-refractivity contribution in [2.75, 3.05) is 24.8 Å². The number of likely N-dealkylation sites (N-methyl/N-ethyl adjacent to an activating group) is 1. The van der Waals surface area contributed by atoms with E-state index in [1.54, 1.807) is 13.2 Å². The Morgan fingerprint density at radius 2 is 2.07 bits per heavy atom. The lowest BCUT2D eigenvalue weighted by Crippen LogP contribution is -2.38. The van der Waals surface area contributed by atoms with Crippen LogP contribution in [0.5, 0.6) is 5.75 Å². The van der Waals surface area contributed by atoms with Crippen LogP contribution in [0.3, 0.4) is 0 Å². The number of hydrogen-bond acceptors (Lipinski definition) is 5. The normalized spacial score (nSPS) is 11.0. The second-order valence-corrected chi connectivity index (χ2v) is 6.47. The standard InChI is InChI=1S/C20H26N4O4/c1-5-6-11-24-18(21)17(19(26)22-20(24)27)23(3)16(25)10-8-14-12-13(2)7-9-15(14)28-4/h7-10,12H,5-6,11,21H2,1-4H3,(H,22,26,27)/b10-8+. The number of carbonyl (C=O) groups excluding carboxylic acids is 1. The predicted molar refractivity (Wildman–Crippen MR) is 111 cm³/mol. The van der Waals surface area contributed by atoms with Gasteiger partial charge in [0, 0.05) is 25.2 Å². The summed E-state index contributed by atoms with van der Waals surface area (Å²) in [6, 6.07) is 5.61. The van der Waals surface area contributed by atoms with Gasteiger partial charge in [-0.25, -0.2) is 4.79 Å². The van der Waals surface area contributed by atoms with Crippen LogP contribution in [0.1, 0.15) is 30.9 Å². The summed E-state index contributed by atoms with van der Waals surface area (Å²) in [5.41, 5.74) is 6.46. The molecule has 0 spiro atoms. The molecule has 8 nitrogen and oxygen atoms in total. The molecule has 0 fully saturated rings. The number of H-pyrrole nitrogens is 1. The summed E-state index contributed by atoms with van der Waals surface area (Å²) >= 11 is 0. The largest absolute Gasteiger partial charge is 0.496 e. The number of unbranched alkanes of at least 4 members (excludes halogenated alkanes) is 1. The van der Waals surface area contributed by atoms with Crippen molar-refractivity contribution in [1.82, 2.24) is 9.55 Å². The fourth-order valence-corrected chi connectivity index (χ4v) is 2.81. The second kappa shape index (κ2) is 9.07. The molecule has 8 heteroatoms. The Hall–Kier alpha value is -3.29. The minimum atomic E-state index is -0.701. The number of rotatable bonds is 7. The molecule has 0 bridgehead atoms. The maximum Gasteiger partial charge on any atom is 0.330 e. The van der Waals surface area contributed by atoms with Gasteiger partial charge in [-0.2, -0.15) is 0 Å². The number of aromatic amines is 1. The Bertz CT molecular complexity index is 1000. The van der Waals surface area contributed by atoms with Crippen molar-refractivity contribution in [2.24, 2.45) is 0 Å². The minimum absolute atomic E-state index is 0.0282. The molecule has 0 unspecified atom stereocenters. The first-order valence-electron chi connectivity index (χ1n) is 9.03. The summed E-state index contributed by atoms with van der Waals surface area (Å²) in [7, 11) is 2.99. The highest BCUT2D eigenvalue weighted by Crippen LogP contribution is 2.22. The van der Waals surface area contributed by atoms with Gasteiger partial charge in [0.15, 0.2) is 5.69 Å². The Kier molecular flexibility index (Phi) is 6.81. The molecule has 1 amide bonds. The molecular weight excluding hydrogens is 360 g/mol. The third-order valence-electron chi connectivity index (χ3n) is 4.41. The van der Waals surface area contributed by atoms with E-state index in [4.69, 9.17) is 10.5 Å². The average molecular weight is 386 g/mol. The number of anilines is 2. The van der Waals surface area contributed by atoms with Crippen LogP contribution >= 0.6 is 0 Å². The zero-order chi connectivity index (χ0) is 20.8. The summed E-state index contributed by atoms with van der Waals surface area (Å²) in [6.07, 6.45) is 4.52. The van der Waals surface area contributed by atoms with Crippen molar-refractivity contribution >= 4 is 23.5 Å². The van der Waals surface area contributed by atoms with Crippen LogP contribution in [-0.2, 0) is 11.3 Å². The van der Waals surface area contributed by atoms with Gasteiger partial charge >= 0.3 is 5.69 Å². The molecule has 150 valence electrons. The summed E-state index contributed by atoms with van der Waals surface area (Å²) in [4.78, 5) is 40.3.